The summed E-state index contributed by atoms with van der Waals surface area (Å²) in [6, 6.07) is 4.40. The monoisotopic (exact) mass is 349 g/mol. The van der Waals surface area contributed by atoms with Crippen LogP contribution in [-0.4, -0.2) is 29.2 Å². The number of ketones is 1. The minimum Gasteiger partial charge on any atom is -0.304 e. The van der Waals surface area contributed by atoms with Gasteiger partial charge in [-0.15, -0.1) is 0 Å². The van der Waals surface area contributed by atoms with Gasteiger partial charge < -0.3 is 4.90 Å². The highest BCUT2D eigenvalue weighted by atomic mass is 79.9. The van der Waals surface area contributed by atoms with Crippen molar-refractivity contribution < 1.29 is 22.8 Å². The highest BCUT2D eigenvalue weighted by molar-refractivity contribution is 9.10. The third-order valence-electron chi connectivity index (χ3n) is 3.11. The van der Waals surface area contributed by atoms with E-state index in [1.807, 2.05) is 0 Å². The van der Waals surface area contributed by atoms with Crippen LogP contribution in [0.15, 0.2) is 18.2 Å². The summed E-state index contributed by atoms with van der Waals surface area (Å²) in [5, 5.41) is 0. The number of hydrogen-bond donors (Lipinski definition) is 0. The molecule has 3 nitrogen and oxygen atoms in total. The third-order valence-corrected chi connectivity index (χ3v) is 3.52. The zero-order valence-corrected chi connectivity index (χ0v) is 12.1. The van der Waals surface area contributed by atoms with Gasteiger partial charge in [-0.3, -0.25) is 9.59 Å². The zero-order chi connectivity index (χ0) is 15.1. The van der Waals surface area contributed by atoms with E-state index < -0.39 is 12.1 Å². The first kappa shape index (κ1) is 15.0. The maximum absolute atomic E-state index is 12.5. The number of carbonyl (C=O) groups excluding carboxylic acids is 2. The van der Waals surface area contributed by atoms with Crippen LogP contribution in [0.3, 0.4) is 0 Å². The molecular weight excluding hydrogens is 339 g/mol. The van der Waals surface area contributed by atoms with Gasteiger partial charge in [-0.25, -0.2) is 0 Å². The Hall–Kier alpha value is -1.37. The fourth-order valence-electron chi connectivity index (χ4n) is 2.15. The molecule has 1 amide bonds. The fourth-order valence-corrected chi connectivity index (χ4v) is 2.41. The number of nitrogens with zero attached hydrogens (tertiary/aromatic N) is 1. The lowest BCUT2D eigenvalue weighted by Crippen LogP contribution is -2.40. The third kappa shape index (κ3) is 2.72. The first-order chi connectivity index (χ1) is 9.21. The highest BCUT2D eigenvalue weighted by Crippen LogP contribution is 2.32. The summed E-state index contributed by atoms with van der Waals surface area (Å²) in [6.07, 6.45) is -4.57. The zero-order valence-electron chi connectivity index (χ0n) is 10.5. The Bertz CT molecular complexity index is 569. The average molecular weight is 350 g/mol. The van der Waals surface area contributed by atoms with Crippen molar-refractivity contribution in [3.05, 3.63) is 29.3 Å². The molecule has 2 rings (SSSR count). The van der Waals surface area contributed by atoms with Crippen molar-refractivity contribution in [2.24, 2.45) is 0 Å². The first-order valence-corrected chi connectivity index (χ1v) is 6.83. The number of amides is 1. The molecule has 1 unspecified atom stereocenters. The van der Waals surface area contributed by atoms with Gasteiger partial charge in [0.05, 0.1) is 4.83 Å². The number of benzene rings is 1. The van der Waals surface area contributed by atoms with Crippen LogP contribution in [0, 0.1) is 0 Å². The first-order valence-electron chi connectivity index (χ1n) is 5.91. The largest absolute Gasteiger partial charge is 0.471 e. The molecule has 1 aromatic rings. The summed E-state index contributed by atoms with van der Waals surface area (Å²) in [5.41, 5.74) is 1.24. The fraction of sp³-hybridized carbons (Fsp3) is 0.385. The summed E-state index contributed by atoms with van der Waals surface area (Å²) < 4.78 is 37.4. The lowest BCUT2D eigenvalue weighted by atomic mass is 10.0. The summed E-state index contributed by atoms with van der Waals surface area (Å²) in [6.45, 7) is 1.66. The van der Waals surface area contributed by atoms with Gasteiger partial charge in [-0.2, -0.15) is 13.2 Å². The molecule has 0 aliphatic carbocycles. The van der Waals surface area contributed by atoms with Crippen molar-refractivity contribution in [1.82, 2.24) is 0 Å². The Morgan fingerprint density at radius 2 is 2.00 bits per heavy atom. The van der Waals surface area contributed by atoms with E-state index in [1.165, 1.54) is 12.1 Å². The summed E-state index contributed by atoms with van der Waals surface area (Å²) in [5.74, 6) is -2.02. The second-order valence-corrected chi connectivity index (χ2v) is 5.90. The SMILES string of the molecule is CC(Br)C(=O)c1ccc2c(c1)CCN2C(=O)C(F)(F)F. The smallest absolute Gasteiger partial charge is 0.304 e. The molecule has 1 heterocycles. The number of fused-ring (bicyclic) bond motifs is 1. The van der Waals surface area contributed by atoms with Gasteiger partial charge in [-0.1, -0.05) is 15.9 Å². The normalized spacial score (nSPS) is 15.9. The minimum atomic E-state index is -4.89. The molecule has 1 aromatic carbocycles. The molecule has 0 saturated heterocycles. The number of hydrogen-bond acceptors (Lipinski definition) is 2. The van der Waals surface area contributed by atoms with E-state index in [0.29, 0.717) is 22.4 Å². The lowest BCUT2D eigenvalue weighted by Gasteiger charge is -2.18. The van der Waals surface area contributed by atoms with Crippen LogP contribution in [0.4, 0.5) is 18.9 Å². The molecule has 7 heteroatoms. The maximum Gasteiger partial charge on any atom is 0.471 e. The van der Waals surface area contributed by atoms with Gasteiger partial charge in [0.1, 0.15) is 0 Å². The molecule has 1 aliphatic heterocycles. The molecule has 0 saturated carbocycles. The predicted octanol–water partition coefficient (Wildman–Crippen LogP) is 3.10. The number of alkyl halides is 4. The highest BCUT2D eigenvalue weighted by Gasteiger charge is 2.44. The van der Waals surface area contributed by atoms with Gasteiger partial charge in [-0.05, 0) is 37.1 Å². The van der Waals surface area contributed by atoms with Crippen LogP contribution in [0.25, 0.3) is 0 Å². The van der Waals surface area contributed by atoms with Crippen LogP contribution in [0.2, 0.25) is 0 Å². The van der Waals surface area contributed by atoms with E-state index in [4.69, 9.17) is 0 Å². The van der Waals surface area contributed by atoms with Crippen molar-refractivity contribution in [3.63, 3.8) is 0 Å². The number of carbonyl (C=O) groups is 2. The van der Waals surface area contributed by atoms with E-state index in [0.717, 1.165) is 0 Å². The molecule has 0 aromatic heterocycles. The van der Waals surface area contributed by atoms with Crippen LogP contribution >= 0.6 is 15.9 Å². The number of rotatable bonds is 2. The van der Waals surface area contributed by atoms with Gasteiger partial charge >= 0.3 is 12.1 Å². The van der Waals surface area contributed by atoms with Gasteiger partial charge in [0.15, 0.2) is 5.78 Å². The maximum atomic E-state index is 12.5. The van der Waals surface area contributed by atoms with E-state index in [9.17, 15) is 22.8 Å². The van der Waals surface area contributed by atoms with Crippen molar-refractivity contribution >= 4 is 33.3 Å². The lowest BCUT2D eigenvalue weighted by molar-refractivity contribution is -0.170. The summed E-state index contributed by atoms with van der Waals surface area (Å²) >= 11 is 3.16. The Morgan fingerprint density at radius 3 is 2.55 bits per heavy atom. The van der Waals surface area contributed by atoms with Crippen molar-refractivity contribution in [2.75, 3.05) is 11.4 Å². The molecular formula is C13H11BrF3NO2. The Morgan fingerprint density at radius 1 is 1.35 bits per heavy atom. The molecule has 20 heavy (non-hydrogen) atoms. The van der Waals surface area contributed by atoms with Gasteiger partial charge in [0.2, 0.25) is 0 Å². The predicted molar refractivity (Wildman–Crippen MR) is 71.3 cm³/mol. The summed E-state index contributed by atoms with van der Waals surface area (Å²) in [4.78, 5) is 23.4. The molecule has 0 bridgehead atoms. The minimum absolute atomic E-state index is 0.0187. The number of halogens is 4. The number of anilines is 1. The van der Waals surface area contributed by atoms with E-state index in [-0.39, 0.29) is 22.8 Å². The molecule has 1 atom stereocenters. The van der Waals surface area contributed by atoms with E-state index in [2.05, 4.69) is 15.9 Å². The second kappa shape index (κ2) is 5.20. The topological polar surface area (TPSA) is 37.4 Å². The Labute approximate surface area is 121 Å². The number of Topliss-reactive ketones (excluding diaryl/α,β-unsaturated/α-hetero) is 1. The van der Waals surface area contributed by atoms with Crippen LogP contribution in [0.1, 0.15) is 22.8 Å². The molecule has 0 spiro atoms. The average Bonchev–Trinajstić information content (AvgIpc) is 2.78. The second-order valence-electron chi connectivity index (χ2n) is 4.53. The Balaban J connectivity index is 2.32. The standard InChI is InChI=1S/C13H11BrF3NO2/c1-7(14)11(19)9-2-3-10-8(6-9)4-5-18(10)12(20)13(15,16)17/h2-3,6-7H,4-5H2,1H3. The quantitative estimate of drug-likeness (QED) is 0.607. The molecule has 0 fully saturated rings. The summed E-state index contributed by atoms with van der Waals surface area (Å²) in [7, 11) is 0. The van der Waals surface area contributed by atoms with Crippen molar-refractivity contribution in [3.8, 4) is 0 Å². The molecule has 0 N–H and O–H groups in total. The molecule has 1 aliphatic rings. The van der Waals surface area contributed by atoms with E-state index >= 15 is 0 Å². The van der Waals surface area contributed by atoms with Crippen LogP contribution in [-0.2, 0) is 11.2 Å². The molecule has 0 radical (unpaired) electrons. The van der Waals surface area contributed by atoms with Crippen LogP contribution < -0.4 is 4.90 Å². The van der Waals surface area contributed by atoms with Crippen molar-refractivity contribution in [2.45, 2.75) is 24.3 Å². The van der Waals surface area contributed by atoms with E-state index in [1.54, 1.807) is 13.0 Å². The Kier molecular flexibility index (Phi) is 3.90. The van der Waals surface area contributed by atoms with Gasteiger partial charge in [0.25, 0.3) is 0 Å². The van der Waals surface area contributed by atoms with Crippen LogP contribution in [0.5, 0.6) is 0 Å². The van der Waals surface area contributed by atoms with Crippen molar-refractivity contribution in [1.29, 1.82) is 0 Å². The molecule has 108 valence electrons. The van der Waals surface area contributed by atoms with Gasteiger partial charge in [0, 0.05) is 17.8 Å².